The predicted octanol–water partition coefficient (Wildman–Crippen LogP) is 2.00. The number of carbonyl (C=O) groups is 1. The van der Waals surface area contributed by atoms with E-state index in [0.29, 0.717) is 12.1 Å². The number of imidazole rings is 1. The van der Waals surface area contributed by atoms with Crippen molar-refractivity contribution in [2.45, 2.75) is 13.5 Å². The van der Waals surface area contributed by atoms with Gasteiger partial charge >= 0.3 is 0 Å². The number of nitrogens with two attached hydrogens (primary N) is 1. The van der Waals surface area contributed by atoms with E-state index in [2.05, 4.69) is 15.0 Å². The third kappa shape index (κ3) is 2.51. The van der Waals surface area contributed by atoms with Gasteiger partial charge in [0, 0.05) is 12.1 Å². The van der Waals surface area contributed by atoms with Gasteiger partial charge < -0.3 is 4.57 Å². The SMILES string of the molecule is Cc1nc2ccccc2n1Cc1cccc(C(=O)NN)c1. The van der Waals surface area contributed by atoms with E-state index in [1.807, 2.05) is 49.4 Å². The first-order valence-electron chi connectivity index (χ1n) is 6.71. The maximum atomic E-state index is 11.6. The van der Waals surface area contributed by atoms with Crippen LogP contribution in [0.5, 0.6) is 0 Å². The zero-order chi connectivity index (χ0) is 14.8. The molecule has 0 radical (unpaired) electrons. The van der Waals surface area contributed by atoms with E-state index in [9.17, 15) is 4.79 Å². The van der Waals surface area contributed by atoms with E-state index in [0.717, 1.165) is 22.4 Å². The van der Waals surface area contributed by atoms with E-state index in [1.165, 1.54) is 0 Å². The van der Waals surface area contributed by atoms with Crippen molar-refractivity contribution in [3.05, 3.63) is 65.5 Å². The number of nitrogens with one attached hydrogen (secondary N) is 1. The monoisotopic (exact) mass is 280 g/mol. The molecule has 1 amide bonds. The van der Waals surface area contributed by atoms with Crippen LogP contribution in [-0.2, 0) is 6.54 Å². The molecule has 2 aromatic carbocycles. The van der Waals surface area contributed by atoms with E-state index in [4.69, 9.17) is 5.84 Å². The lowest BCUT2D eigenvalue weighted by Crippen LogP contribution is -2.30. The number of hydrogen-bond donors (Lipinski definition) is 2. The summed E-state index contributed by atoms with van der Waals surface area (Å²) in [6.07, 6.45) is 0. The smallest absolute Gasteiger partial charge is 0.265 e. The number of carbonyl (C=O) groups excluding carboxylic acids is 1. The number of aryl methyl sites for hydroxylation is 1. The Morgan fingerprint density at radius 1 is 1.24 bits per heavy atom. The van der Waals surface area contributed by atoms with Gasteiger partial charge in [0.25, 0.3) is 5.91 Å². The average molecular weight is 280 g/mol. The predicted molar refractivity (Wildman–Crippen MR) is 81.7 cm³/mol. The summed E-state index contributed by atoms with van der Waals surface area (Å²) in [7, 11) is 0. The van der Waals surface area contributed by atoms with Crippen LogP contribution in [0, 0.1) is 6.92 Å². The molecule has 0 unspecified atom stereocenters. The Hall–Kier alpha value is -2.66. The molecular weight excluding hydrogens is 264 g/mol. The highest BCUT2D eigenvalue weighted by molar-refractivity contribution is 5.93. The summed E-state index contributed by atoms with van der Waals surface area (Å²) in [6, 6.07) is 15.4. The third-order valence-corrected chi connectivity index (χ3v) is 3.51. The second-order valence-electron chi connectivity index (χ2n) is 4.91. The summed E-state index contributed by atoms with van der Waals surface area (Å²) in [4.78, 5) is 16.1. The van der Waals surface area contributed by atoms with E-state index >= 15 is 0 Å². The number of aromatic nitrogens is 2. The normalized spacial score (nSPS) is 10.8. The average Bonchev–Trinajstić information content (AvgIpc) is 2.83. The lowest BCUT2D eigenvalue weighted by Gasteiger charge is -2.08. The zero-order valence-corrected chi connectivity index (χ0v) is 11.7. The van der Waals surface area contributed by atoms with Gasteiger partial charge in [-0.3, -0.25) is 10.2 Å². The highest BCUT2D eigenvalue weighted by Gasteiger charge is 2.09. The number of benzene rings is 2. The van der Waals surface area contributed by atoms with Crippen molar-refractivity contribution in [3.63, 3.8) is 0 Å². The van der Waals surface area contributed by atoms with Gasteiger partial charge in [-0.1, -0.05) is 24.3 Å². The van der Waals surface area contributed by atoms with Crippen LogP contribution in [-0.4, -0.2) is 15.5 Å². The Morgan fingerprint density at radius 2 is 2.05 bits per heavy atom. The molecule has 0 aliphatic rings. The van der Waals surface area contributed by atoms with Crippen LogP contribution in [0.1, 0.15) is 21.7 Å². The van der Waals surface area contributed by atoms with Crippen LogP contribution in [0.25, 0.3) is 11.0 Å². The molecule has 0 aliphatic heterocycles. The fourth-order valence-electron chi connectivity index (χ4n) is 2.47. The summed E-state index contributed by atoms with van der Waals surface area (Å²) >= 11 is 0. The van der Waals surface area contributed by atoms with Crippen LogP contribution in [0.2, 0.25) is 0 Å². The molecule has 5 nitrogen and oxygen atoms in total. The molecule has 3 aromatic rings. The van der Waals surface area contributed by atoms with Gasteiger partial charge in [0.15, 0.2) is 0 Å². The standard InChI is InChI=1S/C16H16N4O/c1-11-18-14-7-2-3-8-15(14)20(11)10-12-5-4-6-13(9-12)16(21)19-17/h2-9H,10,17H2,1H3,(H,19,21). The van der Waals surface area contributed by atoms with Gasteiger partial charge in [0.05, 0.1) is 11.0 Å². The van der Waals surface area contributed by atoms with Crippen molar-refractivity contribution in [2.24, 2.45) is 5.84 Å². The number of nitrogens with zero attached hydrogens (tertiary/aromatic N) is 2. The van der Waals surface area contributed by atoms with Crippen molar-refractivity contribution in [3.8, 4) is 0 Å². The zero-order valence-electron chi connectivity index (χ0n) is 11.7. The third-order valence-electron chi connectivity index (χ3n) is 3.51. The number of hydrazine groups is 1. The van der Waals surface area contributed by atoms with Gasteiger partial charge in [-0.15, -0.1) is 0 Å². The fraction of sp³-hybridized carbons (Fsp3) is 0.125. The Labute approximate surface area is 122 Å². The second-order valence-corrected chi connectivity index (χ2v) is 4.91. The van der Waals surface area contributed by atoms with Gasteiger partial charge in [-0.05, 0) is 36.8 Å². The van der Waals surface area contributed by atoms with Crippen molar-refractivity contribution in [1.29, 1.82) is 0 Å². The van der Waals surface area contributed by atoms with E-state index < -0.39 is 0 Å². The number of nitrogen functional groups attached to an aromatic ring is 1. The summed E-state index contributed by atoms with van der Waals surface area (Å²) in [6.45, 7) is 2.65. The molecule has 1 aromatic heterocycles. The summed E-state index contributed by atoms with van der Waals surface area (Å²) < 4.78 is 2.13. The topological polar surface area (TPSA) is 72.9 Å². The van der Waals surface area contributed by atoms with Crippen molar-refractivity contribution in [2.75, 3.05) is 0 Å². The molecule has 0 saturated heterocycles. The van der Waals surface area contributed by atoms with Gasteiger partial charge in [0.1, 0.15) is 5.82 Å². The van der Waals surface area contributed by atoms with Crippen molar-refractivity contribution in [1.82, 2.24) is 15.0 Å². The molecule has 0 saturated carbocycles. The van der Waals surface area contributed by atoms with Crippen molar-refractivity contribution >= 4 is 16.9 Å². The summed E-state index contributed by atoms with van der Waals surface area (Å²) in [5, 5.41) is 0. The number of rotatable bonds is 3. The molecule has 1 heterocycles. The number of para-hydroxylation sites is 2. The van der Waals surface area contributed by atoms with Crippen LogP contribution in [0.4, 0.5) is 0 Å². The molecular formula is C16H16N4O. The van der Waals surface area contributed by atoms with Gasteiger partial charge in [0.2, 0.25) is 0 Å². The highest BCUT2D eigenvalue weighted by atomic mass is 16.2. The minimum absolute atomic E-state index is 0.288. The summed E-state index contributed by atoms with van der Waals surface area (Å²) in [5.74, 6) is 5.83. The van der Waals surface area contributed by atoms with Gasteiger partial charge in [-0.25, -0.2) is 10.8 Å². The first-order chi connectivity index (χ1) is 10.2. The maximum absolute atomic E-state index is 11.6. The number of amides is 1. The molecule has 0 atom stereocenters. The maximum Gasteiger partial charge on any atom is 0.265 e. The molecule has 0 aliphatic carbocycles. The minimum atomic E-state index is -0.288. The fourth-order valence-corrected chi connectivity index (χ4v) is 2.47. The van der Waals surface area contributed by atoms with Gasteiger partial charge in [-0.2, -0.15) is 0 Å². The Kier molecular flexibility index (Phi) is 3.41. The van der Waals surface area contributed by atoms with Crippen molar-refractivity contribution < 1.29 is 4.79 Å². The Bertz CT molecular complexity index is 807. The number of fused-ring (bicyclic) bond motifs is 1. The molecule has 21 heavy (non-hydrogen) atoms. The Morgan fingerprint density at radius 3 is 2.86 bits per heavy atom. The lowest BCUT2D eigenvalue weighted by atomic mass is 10.1. The molecule has 106 valence electrons. The lowest BCUT2D eigenvalue weighted by molar-refractivity contribution is 0.0953. The first-order valence-corrected chi connectivity index (χ1v) is 6.71. The Balaban J connectivity index is 1.99. The molecule has 0 bridgehead atoms. The van der Waals surface area contributed by atoms with E-state index in [-0.39, 0.29) is 5.91 Å². The van der Waals surface area contributed by atoms with Crippen LogP contribution in [0.15, 0.2) is 48.5 Å². The molecule has 5 heteroatoms. The first kappa shape index (κ1) is 13.3. The van der Waals surface area contributed by atoms with Crippen LogP contribution >= 0.6 is 0 Å². The molecule has 0 spiro atoms. The second kappa shape index (κ2) is 5.38. The molecule has 0 fully saturated rings. The summed E-state index contributed by atoms with van der Waals surface area (Å²) in [5.41, 5.74) is 5.80. The van der Waals surface area contributed by atoms with E-state index in [1.54, 1.807) is 6.07 Å². The minimum Gasteiger partial charge on any atom is -0.324 e. The highest BCUT2D eigenvalue weighted by Crippen LogP contribution is 2.17. The van der Waals surface area contributed by atoms with Crippen LogP contribution < -0.4 is 11.3 Å². The quantitative estimate of drug-likeness (QED) is 0.438. The molecule has 3 rings (SSSR count). The molecule has 3 N–H and O–H groups in total. The van der Waals surface area contributed by atoms with Crippen LogP contribution in [0.3, 0.4) is 0 Å². The number of hydrogen-bond acceptors (Lipinski definition) is 3. The largest absolute Gasteiger partial charge is 0.324 e.